The Kier molecular flexibility index (Phi) is 22.8. The van der Waals surface area contributed by atoms with Gasteiger partial charge in [0, 0.05) is 43.2 Å². The van der Waals surface area contributed by atoms with Crippen molar-refractivity contribution in [3.05, 3.63) is 510 Å². The summed E-state index contributed by atoms with van der Waals surface area (Å²) in [5.41, 5.74) is 36.0. The average Bonchev–Trinajstić information content (AvgIpc) is 0.794. The highest BCUT2D eigenvalue weighted by Gasteiger charge is 2.23. The number of rotatable bonds is 22. The summed E-state index contributed by atoms with van der Waals surface area (Å²) < 4.78 is 0. The second-order valence-electron chi connectivity index (χ2n) is 33.3. The van der Waals surface area contributed by atoms with Crippen LogP contribution in [0, 0.1) is 0 Å². The Morgan fingerprint density at radius 1 is 0.0977 bits per heavy atom. The molecule has 22 rings (SSSR count). The van der Waals surface area contributed by atoms with Gasteiger partial charge in [0.25, 0.3) is 0 Å². The first kappa shape index (κ1) is 81.5. The number of hydrogen-bond acceptors (Lipinski definition) is 7. The van der Waals surface area contributed by atoms with Gasteiger partial charge >= 0.3 is 0 Å². The van der Waals surface area contributed by atoms with Crippen LogP contribution in [0.5, 0.6) is 0 Å². The Bertz CT molecular complexity index is 6910. The van der Waals surface area contributed by atoms with Crippen molar-refractivity contribution in [1.82, 2.24) is 29.9 Å². The average molecular weight is 1710 g/mol. The third-order valence-electron chi connectivity index (χ3n) is 24.5. The lowest BCUT2D eigenvalue weighted by molar-refractivity contribution is 1.07. The second kappa shape index (κ2) is 37.2. The molecule has 20 aromatic carbocycles. The lowest BCUT2D eigenvalue weighted by atomic mass is 9.92. The minimum Gasteiger partial charge on any atom is -0.208 e. The van der Waals surface area contributed by atoms with E-state index in [1.807, 2.05) is 0 Å². The first-order valence-corrected chi connectivity index (χ1v) is 45.7. The Hall–Kier alpha value is -17.2. The Labute approximate surface area is 779 Å². The van der Waals surface area contributed by atoms with Gasteiger partial charge in [-0.1, -0.05) is 400 Å². The number of aromatic nitrogens is 6. The topological polar surface area (TPSA) is 77.3 Å². The summed E-state index contributed by atoms with van der Waals surface area (Å²) in [7, 11) is 0. The predicted octanol–water partition coefficient (Wildman–Crippen LogP) is 33.5. The summed E-state index contributed by atoms with van der Waals surface area (Å²) in [6, 6.07) is 182. The molecule has 624 valence electrons. The number of nitrogens with zero attached hydrogens (tertiary/aromatic N) is 6. The highest BCUT2D eigenvalue weighted by molar-refractivity contribution is 7.99. The fourth-order valence-electron chi connectivity index (χ4n) is 17.8. The van der Waals surface area contributed by atoms with Crippen LogP contribution in [0.2, 0.25) is 0 Å². The van der Waals surface area contributed by atoms with Crippen molar-refractivity contribution in [2.75, 3.05) is 0 Å². The molecule has 133 heavy (non-hydrogen) atoms. The molecule has 2 heterocycles. The number of hydrogen-bond donors (Lipinski definition) is 0. The molecule has 0 amide bonds. The SMILES string of the molecule is c1ccc(-c2cc(-c3ccccc3)cc(-c3cccc(-c4nc(-c5cccc(-c6cc(-c7ccccc7)cc(-c7ccccc7)c6)c5)nc(-c5cccc(-c6ccccc6Sc6ccccc6-c6cccc(-c7nc(-c8cccc(-c9cc(-c%10ccccc%10)cc(-c%10ccccc%10)c9)c8)nc(-c8cccc(-c9cc(-c%10ccccc%10)cc(-c%10ccccc%10)c9)c8)n7)c6)c5)n4)c3)c2)cc1. The molecule has 0 N–H and O–H groups in total. The Morgan fingerprint density at radius 3 is 0.414 bits per heavy atom. The molecular weight excluding hydrogens is 1630 g/mol. The molecule has 0 radical (unpaired) electrons. The monoisotopic (exact) mass is 1710 g/mol. The zero-order valence-electron chi connectivity index (χ0n) is 72.6. The molecule has 0 aliphatic rings. The molecule has 6 nitrogen and oxygen atoms in total. The van der Waals surface area contributed by atoms with Crippen LogP contribution in [0.25, 0.3) is 224 Å². The van der Waals surface area contributed by atoms with Crippen molar-refractivity contribution in [1.29, 1.82) is 0 Å². The summed E-state index contributed by atoms with van der Waals surface area (Å²) >= 11 is 1.74. The first-order chi connectivity index (χ1) is 65.8. The zero-order valence-corrected chi connectivity index (χ0v) is 73.4. The van der Waals surface area contributed by atoms with Crippen LogP contribution >= 0.6 is 11.8 Å². The Balaban J connectivity index is 0.631. The molecule has 2 aromatic heterocycles. The van der Waals surface area contributed by atoms with Crippen LogP contribution in [0.3, 0.4) is 0 Å². The lowest BCUT2D eigenvalue weighted by Gasteiger charge is -2.15. The van der Waals surface area contributed by atoms with Gasteiger partial charge in [0.2, 0.25) is 0 Å². The summed E-state index contributed by atoms with van der Waals surface area (Å²) in [5.74, 6) is 3.32. The van der Waals surface area contributed by atoms with E-state index in [0.717, 1.165) is 199 Å². The van der Waals surface area contributed by atoms with Crippen molar-refractivity contribution in [2.45, 2.75) is 9.79 Å². The van der Waals surface area contributed by atoms with Crippen LogP contribution in [0.4, 0.5) is 0 Å². The molecule has 0 spiro atoms. The fraction of sp³-hybridized carbons (Fsp3) is 0. The van der Waals surface area contributed by atoms with Crippen LogP contribution in [0.1, 0.15) is 0 Å². The molecule has 7 heteroatoms. The van der Waals surface area contributed by atoms with Gasteiger partial charge in [0.15, 0.2) is 34.9 Å². The van der Waals surface area contributed by atoms with Gasteiger partial charge in [0.05, 0.1) is 0 Å². The van der Waals surface area contributed by atoms with E-state index in [4.69, 9.17) is 29.9 Å². The lowest BCUT2D eigenvalue weighted by Crippen LogP contribution is -2.01. The van der Waals surface area contributed by atoms with Crippen LogP contribution in [0.15, 0.2) is 519 Å². The molecule has 0 fully saturated rings. The summed E-state index contributed by atoms with van der Waals surface area (Å²) in [6.07, 6.45) is 0. The van der Waals surface area contributed by atoms with E-state index in [1.165, 1.54) is 0 Å². The normalized spacial score (nSPS) is 11.2. The van der Waals surface area contributed by atoms with Crippen molar-refractivity contribution >= 4 is 11.8 Å². The molecule has 0 atom stereocenters. The molecule has 0 saturated heterocycles. The van der Waals surface area contributed by atoms with Crippen molar-refractivity contribution < 1.29 is 0 Å². The maximum absolute atomic E-state index is 5.51. The fourth-order valence-corrected chi connectivity index (χ4v) is 18.9. The van der Waals surface area contributed by atoms with Gasteiger partial charge < -0.3 is 0 Å². The summed E-state index contributed by atoms with van der Waals surface area (Å²) in [6.45, 7) is 0. The quantitative estimate of drug-likeness (QED) is 0.0669. The highest BCUT2D eigenvalue weighted by Crippen LogP contribution is 2.46. The van der Waals surface area contributed by atoms with Crippen molar-refractivity contribution in [2.24, 2.45) is 0 Å². The summed E-state index contributed by atoms with van der Waals surface area (Å²) in [4.78, 5) is 35.2. The molecule has 0 unspecified atom stereocenters. The third-order valence-corrected chi connectivity index (χ3v) is 25.7. The second-order valence-corrected chi connectivity index (χ2v) is 34.4. The zero-order chi connectivity index (χ0) is 88.6. The molecular formula is C126H84N6S. The molecule has 0 bridgehead atoms. The maximum Gasteiger partial charge on any atom is 0.164 e. The predicted molar refractivity (Wildman–Crippen MR) is 552 cm³/mol. The number of benzene rings is 20. The van der Waals surface area contributed by atoms with Crippen molar-refractivity contribution in [3.8, 4) is 224 Å². The largest absolute Gasteiger partial charge is 0.208 e. The van der Waals surface area contributed by atoms with E-state index in [9.17, 15) is 0 Å². The minimum atomic E-state index is 0.548. The van der Waals surface area contributed by atoms with E-state index in [0.29, 0.717) is 34.9 Å². The van der Waals surface area contributed by atoms with Gasteiger partial charge in [-0.05, 0) is 277 Å². The third kappa shape index (κ3) is 18.0. The van der Waals surface area contributed by atoms with Crippen LogP contribution in [-0.2, 0) is 0 Å². The van der Waals surface area contributed by atoms with E-state index in [2.05, 4.69) is 510 Å². The van der Waals surface area contributed by atoms with Gasteiger partial charge in [0.1, 0.15) is 0 Å². The van der Waals surface area contributed by atoms with Crippen molar-refractivity contribution in [3.63, 3.8) is 0 Å². The first-order valence-electron chi connectivity index (χ1n) is 44.9. The van der Waals surface area contributed by atoms with E-state index < -0.39 is 0 Å². The minimum absolute atomic E-state index is 0.548. The smallest absolute Gasteiger partial charge is 0.164 e. The van der Waals surface area contributed by atoms with E-state index in [-0.39, 0.29) is 0 Å². The van der Waals surface area contributed by atoms with Gasteiger partial charge in [-0.2, -0.15) is 0 Å². The standard InChI is InChI=1S/C126H84N6S/c1-9-35-85(36-10-1)105-73-106(86-37-11-2-12-38-86)78-113(77-105)93-51-29-57-99(67-93)121-127-122(100-58-30-52-94(68-100)114-79-107(87-39-13-3-14-40-87)74-108(80-114)88-41-15-4-16-42-88)130-125(129-121)103-61-33-55-97(71-103)117-63-25-27-65-119(117)133-120-66-28-26-64-118(120)98-56-34-62-104(72-98)126-131-123(101-59-31-53-95(69-101)115-81-109(89-43-17-5-18-44-89)75-110(82-115)90-45-19-6-20-46-90)128-124(132-126)102-60-32-54-96(70-102)116-83-111(91-47-21-7-22-48-91)76-112(84-116)92-49-23-8-24-50-92/h1-84H. The van der Waals surface area contributed by atoms with Gasteiger partial charge in [-0.25, -0.2) is 29.9 Å². The molecule has 0 aliphatic carbocycles. The maximum atomic E-state index is 5.51. The van der Waals surface area contributed by atoms with Gasteiger partial charge in [-0.3, -0.25) is 0 Å². The molecule has 22 aromatic rings. The van der Waals surface area contributed by atoms with E-state index >= 15 is 0 Å². The molecule has 0 aliphatic heterocycles. The van der Waals surface area contributed by atoms with Crippen LogP contribution in [-0.4, -0.2) is 29.9 Å². The molecule has 0 saturated carbocycles. The summed E-state index contributed by atoms with van der Waals surface area (Å²) in [5, 5.41) is 0. The highest BCUT2D eigenvalue weighted by atomic mass is 32.2. The Morgan fingerprint density at radius 2 is 0.226 bits per heavy atom. The van der Waals surface area contributed by atoms with E-state index in [1.54, 1.807) is 11.8 Å². The van der Waals surface area contributed by atoms with Gasteiger partial charge in [-0.15, -0.1) is 0 Å². The van der Waals surface area contributed by atoms with Crippen LogP contribution < -0.4 is 0 Å².